The minimum Gasteiger partial charge on any atom is -0.250 e. The van der Waals surface area contributed by atoms with E-state index in [4.69, 9.17) is 28.2 Å². The summed E-state index contributed by atoms with van der Waals surface area (Å²) >= 11 is 13.7. The third-order valence-electron chi connectivity index (χ3n) is 3.19. The Balaban J connectivity index is 2.12. The maximum absolute atomic E-state index is 6.12. The average molecular weight is 335 g/mol. The summed E-state index contributed by atoms with van der Waals surface area (Å²) in [4.78, 5) is 9.44. The average Bonchev–Trinajstić information content (AvgIpc) is 2.69. The van der Waals surface area contributed by atoms with Crippen molar-refractivity contribution < 1.29 is 0 Å². The molecule has 0 saturated heterocycles. The molecule has 21 heavy (non-hydrogen) atoms. The van der Waals surface area contributed by atoms with Crippen LogP contribution in [-0.4, -0.2) is 17.0 Å². The van der Waals surface area contributed by atoms with Crippen LogP contribution in [0.2, 0.25) is 10.0 Å². The molecular formula is C16H12Cl2N2S. The van der Waals surface area contributed by atoms with Gasteiger partial charge in [-0.3, -0.25) is 4.99 Å². The molecule has 106 valence electrons. The first-order chi connectivity index (χ1) is 10.2. The Morgan fingerprint density at radius 1 is 0.952 bits per heavy atom. The maximum Gasteiger partial charge on any atom is 0.0896 e. The Labute approximate surface area is 137 Å². The monoisotopic (exact) mass is 334 g/mol. The first-order valence-electron chi connectivity index (χ1n) is 6.41. The van der Waals surface area contributed by atoms with Crippen LogP contribution in [-0.2, 0) is 0 Å². The molecule has 0 saturated carbocycles. The molecule has 3 rings (SSSR count). The molecular weight excluding hydrogens is 323 g/mol. The van der Waals surface area contributed by atoms with Gasteiger partial charge in [-0.2, -0.15) is 0 Å². The number of para-hydroxylation sites is 2. The van der Waals surface area contributed by atoms with Gasteiger partial charge in [0.25, 0.3) is 0 Å². The highest BCUT2D eigenvalue weighted by molar-refractivity contribution is 8.13. The fourth-order valence-corrected chi connectivity index (χ4v) is 2.88. The van der Waals surface area contributed by atoms with Gasteiger partial charge in [0.1, 0.15) is 0 Å². The van der Waals surface area contributed by atoms with Crippen LogP contribution in [0.5, 0.6) is 0 Å². The molecule has 2 aromatic carbocycles. The second kappa shape index (κ2) is 6.22. The number of rotatable bonds is 1. The lowest BCUT2D eigenvalue weighted by Crippen LogP contribution is -2.05. The van der Waals surface area contributed by atoms with Crippen molar-refractivity contribution in [1.29, 1.82) is 0 Å². The molecule has 1 aliphatic rings. The highest BCUT2D eigenvalue weighted by atomic mass is 35.5. The van der Waals surface area contributed by atoms with Crippen LogP contribution in [0.4, 0.5) is 11.4 Å². The molecule has 2 aromatic rings. The van der Waals surface area contributed by atoms with Crippen LogP contribution in [0.25, 0.3) is 0 Å². The smallest absolute Gasteiger partial charge is 0.0896 e. The summed E-state index contributed by atoms with van der Waals surface area (Å²) in [5, 5.41) is 2.12. The summed E-state index contributed by atoms with van der Waals surface area (Å²) < 4.78 is 0. The van der Waals surface area contributed by atoms with Crippen molar-refractivity contribution in [3.05, 3.63) is 58.1 Å². The SMILES string of the molecule is CSC1=Nc2ccccc2N=C(c2ccc(Cl)c(Cl)c2)C1. The Morgan fingerprint density at radius 3 is 2.33 bits per heavy atom. The zero-order valence-electron chi connectivity index (χ0n) is 11.3. The molecule has 0 fully saturated rings. The van der Waals surface area contributed by atoms with E-state index >= 15 is 0 Å². The van der Waals surface area contributed by atoms with Crippen LogP contribution >= 0.6 is 35.0 Å². The Bertz CT molecular complexity index is 754. The summed E-state index contributed by atoms with van der Waals surface area (Å²) in [6.07, 6.45) is 2.72. The second-order valence-corrected chi connectivity index (χ2v) is 6.26. The fourth-order valence-electron chi connectivity index (χ4n) is 2.12. The molecule has 0 aliphatic carbocycles. The third-order valence-corrected chi connectivity index (χ3v) is 4.64. The van der Waals surface area contributed by atoms with E-state index < -0.39 is 0 Å². The molecule has 0 radical (unpaired) electrons. The summed E-state index contributed by atoms with van der Waals surface area (Å²) in [5.74, 6) is 0. The second-order valence-electron chi connectivity index (χ2n) is 4.56. The number of nitrogens with zero attached hydrogens (tertiary/aromatic N) is 2. The lowest BCUT2D eigenvalue weighted by molar-refractivity contribution is 1.45. The van der Waals surface area contributed by atoms with Gasteiger partial charge in [0.15, 0.2) is 0 Å². The highest BCUT2D eigenvalue weighted by Crippen LogP contribution is 2.33. The molecule has 0 spiro atoms. The topological polar surface area (TPSA) is 24.7 Å². The molecule has 0 unspecified atom stereocenters. The van der Waals surface area contributed by atoms with Crippen molar-refractivity contribution in [3.8, 4) is 0 Å². The number of thioether (sulfide) groups is 1. The van der Waals surface area contributed by atoms with Crippen molar-refractivity contribution in [2.75, 3.05) is 6.26 Å². The van der Waals surface area contributed by atoms with Gasteiger partial charge in [0.2, 0.25) is 0 Å². The predicted molar refractivity (Wildman–Crippen MR) is 94.3 cm³/mol. The van der Waals surface area contributed by atoms with E-state index in [2.05, 4.69) is 4.99 Å². The number of benzene rings is 2. The fraction of sp³-hybridized carbons (Fsp3) is 0.125. The van der Waals surface area contributed by atoms with Gasteiger partial charge in [-0.25, -0.2) is 4.99 Å². The van der Waals surface area contributed by atoms with Crippen molar-refractivity contribution in [2.45, 2.75) is 6.42 Å². The van der Waals surface area contributed by atoms with Crippen molar-refractivity contribution in [1.82, 2.24) is 0 Å². The van der Waals surface area contributed by atoms with Crippen LogP contribution < -0.4 is 0 Å². The molecule has 1 heterocycles. The molecule has 0 N–H and O–H groups in total. The van der Waals surface area contributed by atoms with E-state index in [1.165, 1.54) is 0 Å². The lowest BCUT2D eigenvalue weighted by Gasteiger charge is -2.07. The van der Waals surface area contributed by atoms with Gasteiger partial charge >= 0.3 is 0 Å². The summed E-state index contributed by atoms with van der Waals surface area (Å²) in [6.45, 7) is 0. The molecule has 0 amide bonds. The predicted octanol–water partition coefficient (Wildman–Crippen LogP) is 5.91. The van der Waals surface area contributed by atoms with Gasteiger partial charge in [0, 0.05) is 6.42 Å². The minimum absolute atomic E-state index is 0.539. The summed E-state index contributed by atoms with van der Waals surface area (Å²) in [7, 11) is 0. The Kier molecular flexibility index (Phi) is 4.34. The normalized spacial score (nSPS) is 14.0. The van der Waals surface area contributed by atoms with Crippen molar-refractivity contribution >= 4 is 57.1 Å². The van der Waals surface area contributed by atoms with E-state index in [0.29, 0.717) is 16.5 Å². The van der Waals surface area contributed by atoms with Gasteiger partial charge in [-0.1, -0.05) is 41.4 Å². The van der Waals surface area contributed by atoms with Crippen LogP contribution in [0, 0.1) is 0 Å². The Morgan fingerprint density at radius 2 is 1.67 bits per heavy atom. The number of hydrogen-bond donors (Lipinski definition) is 0. The van der Waals surface area contributed by atoms with E-state index in [-0.39, 0.29) is 0 Å². The standard InChI is InChI=1S/C16H12Cl2N2S/c1-21-16-9-15(10-6-7-11(17)12(18)8-10)19-13-4-2-3-5-14(13)20-16/h2-8H,9H2,1H3. The van der Waals surface area contributed by atoms with Gasteiger partial charge in [0.05, 0.1) is 32.2 Å². The molecule has 0 bridgehead atoms. The minimum atomic E-state index is 0.539. The van der Waals surface area contributed by atoms with Crippen LogP contribution in [0.3, 0.4) is 0 Å². The van der Waals surface area contributed by atoms with E-state index in [0.717, 1.165) is 27.7 Å². The van der Waals surface area contributed by atoms with E-state index in [9.17, 15) is 0 Å². The highest BCUT2D eigenvalue weighted by Gasteiger charge is 2.15. The molecule has 5 heteroatoms. The molecule has 0 aromatic heterocycles. The van der Waals surface area contributed by atoms with Crippen LogP contribution in [0.1, 0.15) is 12.0 Å². The Hall–Kier alpha value is -1.29. The van der Waals surface area contributed by atoms with Crippen LogP contribution in [0.15, 0.2) is 52.4 Å². The first-order valence-corrected chi connectivity index (χ1v) is 8.39. The summed E-state index contributed by atoms with van der Waals surface area (Å²) in [6, 6.07) is 13.5. The quantitative estimate of drug-likeness (QED) is 0.636. The molecule has 1 aliphatic heterocycles. The van der Waals surface area contributed by atoms with Crippen molar-refractivity contribution in [3.63, 3.8) is 0 Å². The number of aliphatic imine (C=N–C) groups is 2. The van der Waals surface area contributed by atoms with Gasteiger partial charge in [-0.05, 0) is 36.1 Å². The number of halogens is 2. The van der Waals surface area contributed by atoms with Gasteiger partial charge in [-0.15, -0.1) is 11.8 Å². The molecule has 2 nitrogen and oxygen atoms in total. The van der Waals surface area contributed by atoms with Gasteiger partial charge < -0.3 is 0 Å². The van der Waals surface area contributed by atoms with E-state index in [1.54, 1.807) is 17.8 Å². The maximum atomic E-state index is 6.12. The molecule has 0 atom stereocenters. The largest absolute Gasteiger partial charge is 0.250 e. The summed E-state index contributed by atoms with van der Waals surface area (Å²) in [5.41, 5.74) is 3.70. The van der Waals surface area contributed by atoms with E-state index in [1.807, 2.05) is 42.7 Å². The number of hydrogen-bond acceptors (Lipinski definition) is 3. The van der Waals surface area contributed by atoms with Crippen molar-refractivity contribution in [2.24, 2.45) is 9.98 Å². The number of fused-ring (bicyclic) bond motifs is 1. The first kappa shape index (κ1) is 14.6. The zero-order chi connectivity index (χ0) is 14.8. The lowest BCUT2D eigenvalue weighted by atomic mass is 10.1. The third kappa shape index (κ3) is 3.15. The zero-order valence-corrected chi connectivity index (χ0v) is 13.6.